The fourth-order valence-corrected chi connectivity index (χ4v) is 3.97. The number of benzene rings is 1. The Kier molecular flexibility index (Phi) is 5.70. The molecule has 1 fully saturated rings. The summed E-state index contributed by atoms with van der Waals surface area (Å²) in [6, 6.07) is 10.6. The molecular weight excluding hydrogens is 380 g/mol. The molecule has 1 aromatic carbocycles. The third-order valence-electron chi connectivity index (χ3n) is 5.53. The lowest BCUT2D eigenvalue weighted by Crippen LogP contribution is -2.17. The summed E-state index contributed by atoms with van der Waals surface area (Å²) in [6.07, 6.45) is 10.6. The first kappa shape index (κ1) is 19.6. The summed E-state index contributed by atoms with van der Waals surface area (Å²) in [5.74, 6) is -0.0643. The van der Waals surface area contributed by atoms with Crippen molar-refractivity contribution in [3.63, 3.8) is 0 Å². The number of nitriles is 1. The van der Waals surface area contributed by atoms with Crippen molar-refractivity contribution in [2.45, 2.75) is 38.1 Å². The molecule has 2 aromatic heterocycles. The Hall–Kier alpha value is -3.73. The molecule has 1 aliphatic carbocycles. The average molecular weight is 402 g/mol. The van der Waals surface area contributed by atoms with Crippen LogP contribution in [0, 0.1) is 17.2 Å². The lowest BCUT2D eigenvalue weighted by Gasteiger charge is -2.21. The Morgan fingerprint density at radius 1 is 1.27 bits per heavy atom. The van der Waals surface area contributed by atoms with E-state index in [-0.39, 0.29) is 11.6 Å². The molecule has 0 radical (unpaired) electrons. The van der Waals surface area contributed by atoms with Gasteiger partial charge >= 0.3 is 5.97 Å². The quantitative estimate of drug-likeness (QED) is 0.600. The topological polar surface area (TPSA) is 117 Å². The molecule has 3 aromatic rings. The normalized spacial score (nSPS) is 14.9. The van der Waals surface area contributed by atoms with Gasteiger partial charge in [-0.2, -0.15) is 10.4 Å². The fraction of sp³-hybridized carbons (Fsp3) is 0.318. The summed E-state index contributed by atoms with van der Waals surface area (Å²) in [6.45, 7) is 0. The van der Waals surface area contributed by atoms with Gasteiger partial charge in [0.25, 0.3) is 0 Å². The zero-order chi connectivity index (χ0) is 20.9. The van der Waals surface area contributed by atoms with Gasteiger partial charge in [0, 0.05) is 23.6 Å². The molecule has 1 unspecified atom stereocenters. The van der Waals surface area contributed by atoms with E-state index in [1.54, 1.807) is 24.5 Å². The second-order valence-electron chi connectivity index (χ2n) is 7.46. The van der Waals surface area contributed by atoms with Crippen LogP contribution in [0.1, 0.15) is 48.5 Å². The minimum Gasteiger partial charge on any atom is -0.478 e. The van der Waals surface area contributed by atoms with Crippen LogP contribution in [-0.4, -0.2) is 30.8 Å². The largest absolute Gasteiger partial charge is 0.478 e. The van der Waals surface area contributed by atoms with Crippen LogP contribution in [0.5, 0.6) is 0 Å². The summed E-state index contributed by atoms with van der Waals surface area (Å²) < 4.78 is 1.91. The number of rotatable bonds is 7. The summed E-state index contributed by atoms with van der Waals surface area (Å²) in [5.41, 5.74) is 2.51. The van der Waals surface area contributed by atoms with E-state index < -0.39 is 5.97 Å². The van der Waals surface area contributed by atoms with Crippen molar-refractivity contribution in [2.75, 3.05) is 5.32 Å². The Morgan fingerprint density at radius 3 is 2.73 bits per heavy atom. The molecule has 0 bridgehead atoms. The molecule has 4 rings (SSSR count). The van der Waals surface area contributed by atoms with Crippen LogP contribution in [0.15, 0.2) is 48.9 Å². The first-order chi connectivity index (χ1) is 14.6. The van der Waals surface area contributed by atoms with Crippen LogP contribution in [0.4, 0.5) is 11.6 Å². The van der Waals surface area contributed by atoms with Crippen molar-refractivity contribution in [2.24, 2.45) is 5.92 Å². The van der Waals surface area contributed by atoms with Gasteiger partial charge in [-0.1, -0.05) is 12.8 Å². The number of hydrogen-bond donors (Lipinski definition) is 2. The molecule has 152 valence electrons. The van der Waals surface area contributed by atoms with Gasteiger partial charge in [0.1, 0.15) is 0 Å². The molecule has 0 amide bonds. The van der Waals surface area contributed by atoms with Crippen LogP contribution in [0.25, 0.3) is 11.3 Å². The number of anilines is 2. The van der Waals surface area contributed by atoms with Gasteiger partial charge in [-0.3, -0.25) is 4.68 Å². The summed E-state index contributed by atoms with van der Waals surface area (Å²) in [4.78, 5) is 19.8. The molecule has 0 spiro atoms. The lowest BCUT2D eigenvalue weighted by atomic mass is 9.96. The monoisotopic (exact) mass is 402 g/mol. The van der Waals surface area contributed by atoms with Gasteiger partial charge in [0.05, 0.1) is 36.0 Å². The third-order valence-corrected chi connectivity index (χ3v) is 5.53. The van der Waals surface area contributed by atoms with E-state index in [0.717, 1.165) is 24.1 Å². The van der Waals surface area contributed by atoms with E-state index in [9.17, 15) is 10.1 Å². The predicted octanol–water partition coefficient (Wildman–Crippen LogP) is 4.43. The maximum absolute atomic E-state index is 11.0. The number of aromatic carboxylic acids is 1. The molecule has 8 nitrogen and oxygen atoms in total. The zero-order valence-electron chi connectivity index (χ0n) is 16.4. The van der Waals surface area contributed by atoms with E-state index in [2.05, 4.69) is 26.5 Å². The lowest BCUT2D eigenvalue weighted by molar-refractivity contribution is 0.0697. The molecule has 1 aliphatic rings. The van der Waals surface area contributed by atoms with Crippen LogP contribution in [0.2, 0.25) is 0 Å². The van der Waals surface area contributed by atoms with Gasteiger partial charge < -0.3 is 10.4 Å². The van der Waals surface area contributed by atoms with Gasteiger partial charge in [-0.15, -0.1) is 0 Å². The molecular formula is C22H22N6O2. The maximum Gasteiger partial charge on any atom is 0.335 e. The van der Waals surface area contributed by atoms with Crippen molar-refractivity contribution in [3.05, 3.63) is 54.5 Å². The van der Waals surface area contributed by atoms with Crippen molar-refractivity contribution < 1.29 is 9.90 Å². The second kappa shape index (κ2) is 8.74. The minimum absolute atomic E-state index is 0.0958. The molecule has 0 aliphatic heterocycles. The van der Waals surface area contributed by atoms with Crippen LogP contribution in [0.3, 0.4) is 0 Å². The number of carboxylic acids is 1. The standard InChI is InChI=1S/C22H22N6O2/c23-11-9-20(15-3-1-2-4-15)28-14-17(13-25-28)19-10-12-24-22(27-19)26-18-7-5-16(6-8-18)21(29)30/h5-8,10,12-15,20H,1-4,9H2,(H,29,30)(H,24,26,27). The van der Waals surface area contributed by atoms with Crippen molar-refractivity contribution in [1.82, 2.24) is 19.7 Å². The highest BCUT2D eigenvalue weighted by Crippen LogP contribution is 2.36. The van der Waals surface area contributed by atoms with Crippen LogP contribution in [-0.2, 0) is 0 Å². The van der Waals surface area contributed by atoms with Crippen molar-refractivity contribution in [1.29, 1.82) is 5.26 Å². The SMILES string of the molecule is N#CCC(C1CCCC1)n1cc(-c2ccnc(Nc3ccc(C(=O)O)cc3)n2)cn1. The number of hydrogen-bond acceptors (Lipinski definition) is 6. The molecule has 30 heavy (non-hydrogen) atoms. The van der Waals surface area contributed by atoms with E-state index in [1.807, 2.05) is 16.9 Å². The highest BCUT2D eigenvalue weighted by atomic mass is 16.4. The first-order valence-corrected chi connectivity index (χ1v) is 9.99. The van der Waals surface area contributed by atoms with E-state index in [0.29, 0.717) is 24.0 Å². The summed E-state index contributed by atoms with van der Waals surface area (Å²) >= 11 is 0. The minimum atomic E-state index is -0.968. The third kappa shape index (κ3) is 4.30. The highest BCUT2D eigenvalue weighted by molar-refractivity contribution is 5.88. The number of nitrogens with zero attached hydrogens (tertiary/aromatic N) is 5. The molecule has 2 heterocycles. The zero-order valence-corrected chi connectivity index (χ0v) is 16.4. The maximum atomic E-state index is 11.0. The number of carbonyl (C=O) groups is 1. The Morgan fingerprint density at radius 2 is 2.03 bits per heavy atom. The van der Waals surface area contributed by atoms with Gasteiger partial charge in [0.2, 0.25) is 5.95 Å². The van der Waals surface area contributed by atoms with Crippen molar-refractivity contribution >= 4 is 17.6 Å². The fourth-order valence-electron chi connectivity index (χ4n) is 3.97. The van der Waals surface area contributed by atoms with E-state index in [1.165, 1.54) is 25.0 Å². The Balaban J connectivity index is 1.52. The molecule has 0 saturated heterocycles. The molecule has 2 N–H and O–H groups in total. The van der Waals surface area contributed by atoms with E-state index >= 15 is 0 Å². The average Bonchev–Trinajstić information content (AvgIpc) is 3.45. The first-order valence-electron chi connectivity index (χ1n) is 9.99. The number of aromatic nitrogens is 4. The molecule has 1 saturated carbocycles. The van der Waals surface area contributed by atoms with Gasteiger partial charge in [0.15, 0.2) is 0 Å². The highest BCUT2D eigenvalue weighted by Gasteiger charge is 2.27. The molecule has 1 atom stereocenters. The van der Waals surface area contributed by atoms with Gasteiger partial charge in [-0.25, -0.2) is 14.8 Å². The predicted molar refractivity (Wildman–Crippen MR) is 111 cm³/mol. The summed E-state index contributed by atoms with van der Waals surface area (Å²) in [7, 11) is 0. The Bertz CT molecular complexity index is 1060. The second-order valence-corrected chi connectivity index (χ2v) is 7.46. The van der Waals surface area contributed by atoms with Gasteiger partial charge in [-0.05, 0) is 49.1 Å². The number of carboxylic acid groups (broad SMARTS) is 1. The summed E-state index contributed by atoms with van der Waals surface area (Å²) in [5, 5.41) is 25.9. The number of nitrogens with one attached hydrogen (secondary N) is 1. The van der Waals surface area contributed by atoms with Crippen LogP contribution >= 0.6 is 0 Å². The van der Waals surface area contributed by atoms with Crippen molar-refractivity contribution in [3.8, 4) is 17.3 Å². The smallest absolute Gasteiger partial charge is 0.335 e. The van der Waals surface area contributed by atoms with Crippen LogP contribution < -0.4 is 5.32 Å². The Labute approximate surface area is 174 Å². The van der Waals surface area contributed by atoms with E-state index in [4.69, 9.17) is 5.11 Å². The molecule has 8 heteroatoms.